The third-order valence-electron chi connectivity index (χ3n) is 2.68. The number of carbonyl (C=O) groups excluding carboxylic acids is 1. The highest BCUT2D eigenvalue weighted by atomic mass is 16.5. The van der Waals surface area contributed by atoms with Gasteiger partial charge >= 0.3 is 5.97 Å². The number of carbonyl (C=O) groups is 1. The topological polar surface area (TPSA) is 90.1 Å². The minimum atomic E-state index is -0.494. The van der Waals surface area contributed by atoms with Crippen LogP contribution in [-0.4, -0.2) is 22.5 Å². The number of hydrogen-bond acceptors (Lipinski definition) is 6. The molecule has 0 atom stereocenters. The molecule has 1 aromatic carbocycles. The maximum Gasteiger partial charge on any atom is 0.343 e. The summed E-state index contributed by atoms with van der Waals surface area (Å²) in [7, 11) is 0. The highest BCUT2D eigenvalue weighted by Crippen LogP contribution is 2.14. The van der Waals surface area contributed by atoms with Crippen molar-refractivity contribution in [2.24, 2.45) is 5.84 Å². The number of nitrogen functional groups attached to an aromatic ring is 1. The van der Waals surface area contributed by atoms with Crippen molar-refractivity contribution in [1.29, 1.82) is 0 Å². The van der Waals surface area contributed by atoms with Crippen LogP contribution in [-0.2, 0) is 11.2 Å². The maximum absolute atomic E-state index is 11.7. The molecule has 0 fully saturated rings. The Morgan fingerprint density at radius 3 is 2.75 bits per heavy atom. The van der Waals surface area contributed by atoms with E-state index in [-0.39, 0.29) is 18.0 Å². The van der Waals surface area contributed by atoms with E-state index in [1.807, 2.05) is 30.3 Å². The molecule has 20 heavy (non-hydrogen) atoms. The van der Waals surface area contributed by atoms with Gasteiger partial charge in [0.05, 0.1) is 6.61 Å². The van der Waals surface area contributed by atoms with Gasteiger partial charge in [-0.1, -0.05) is 30.3 Å². The summed E-state index contributed by atoms with van der Waals surface area (Å²) in [5, 5.41) is 0. The number of benzene rings is 1. The third kappa shape index (κ3) is 3.30. The fourth-order valence-corrected chi connectivity index (χ4v) is 1.75. The van der Waals surface area contributed by atoms with Gasteiger partial charge in [-0.3, -0.25) is 0 Å². The molecular weight excluding hydrogens is 256 g/mol. The molecule has 6 nitrogen and oxygen atoms in total. The first-order valence-electron chi connectivity index (χ1n) is 6.28. The second-order valence-electron chi connectivity index (χ2n) is 4.08. The number of nitrogens with zero attached hydrogens (tertiary/aromatic N) is 2. The first kappa shape index (κ1) is 14.0. The van der Waals surface area contributed by atoms with Crippen LogP contribution in [0.25, 0.3) is 0 Å². The zero-order valence-electron chi connectivity index (χ0n) is 11.2. The van der Waals surface area contributed by atoms with Crippen molar-refractivity contribution in [1.82, 2.24) is 9.97 Å². The smallest absolute Gasteiger partial charge is 0.343 e. The zero-order valence-corrected chi connectivity index (χ0v) is 11.2. The lowest BCUT2D eigenvalue weighted by Crippen LogP contribution is -2.17. The highest BCUT2D eigenvalue weighted by Gasteiger charge is 2.15. The molecule has 0 saturated carbocycles. The average Bonchev–Trinajstić information content (AvgIpc) is 2.48. The number of nitrogens with one attached hydrogen (secondary N) is 1. The van der Waals surface area contributed by atoms with Crippen molar-refractivity contribution in [2.75, 3.05) is 12.0 Å². The van der Waals surface area contributed by atoms with Gasteiger partial charge in [0, 0.05) is 12.6 Å². The zero-order chi connectivity index (χ0) is 14.4. The monoisotopic (exact) mass is 272 g/mol. The molecule has 104 valence electrons. The minimum Gasteiger partial charge on any atom is -0.462 e. The summed E-state index contributed by atoms with van der Waals surface area (Å²) >= 11 is 0. The van der Waals surface area contributed by atoms with E-state index in [0.717, 1.165) is 5.56 Å². The lowest BCUT2D eigenvalue weighted by molar-refractivity contribution is 0.0526. The standard InChI is InChI=1S/C14H16N4O2/c1-2-20-14(19)11-9-16-12(17-13(11)18-15)8-10-6-4-3-5-7-10/h3-7,9H,2,8,15H2,1H3,(H,16,17,18). The van der Waals surface area contributed by atoms with Gasteiger partial charge in [0.1, 0.15) is 11.4 Å². The van der Waals surface area contributed by atoms with Crippen molar-refractivity contribution >= 4 is 11.8 Å². The summed E-state index contributed by atoms with van der Waals surface area (Å²) in [6.07, 6.45) is 2.00. The molecule has 1 aromatic heterocycles. The number of ether oxygens (including phenoxy) is 1. The second kappa shape index (κ2) is 6.63. The first-order valence-corrected chi connectivity index (χ1v) is 6.28. The Bertz CT molecular complexity index is 587. The van der Waals surface area contributed by atoms with Crippen molar-refractivity contribution in [3.63, 3.8) is 0 Å². The van der Waals surface area contributed by atoms with Gasteiger partial charge in [-0.05, 0) is 12.5 Å². The number of aromatic nitrogens is 2. The van der Waals surface area contributed by atoms with Gasteiger partial charge in [-0.15, -0.1) is 0 Å². The van der Waals surface area contributed by atoms with Crippen LogP contribution < -0.4 is 11.3 Å². The Balaban J connectivity index is 2.23. The van der Waals surface area contributed by atoms with Crippen LogP contribution in [0.2, 0.25) is 0 Å². The molecule has 0 aliphatic carbocycles. The Kier molecular flexibility index (Phi) is 4.62. The van der Waals surface area contributed by atoms with Crippen LogP contribution in [0.4, 0.5) is 5.82 Å². The molecular formula is C14H16N4O2. The molecule has 3 N–H and O–H groups in total. The van der Waals surface area contributed by atoms with E-state index >= 15 is 0 Å². The predicted octanol–water partition coefficient (Wildman–Crippen LogP) is 1.53. The molecule has 6 heteroatoms. The molecule has 0 unspecified atom stereocenters. The Hall–Kier alpha value is -2.47. The van der Waals surface area contributed by atoms with E-state index in [9.17, 15) is 4.79 Å². The van der Waals surface area contributed by atoms with E-state index in [1.54, 1.807) is 6.92 Å². The molecule has 2 rings (SSSR count). The molecule has 2 aromatic rings. The van der Waals surface area contributed by atoms with Crippen molar-refractivity contribution < 1.29 is 9.53 Å². The van der Waals surface area contributed by atoms with Crippen LogP contribution in [0.15, 0.2) is 36.5 Å². The molecule has 0 aliphatic rings. The summed E-state index contributed by atoms with van der Waals surface area (Å²) in [6.45, 7) is 2.02. The van der Waals surface area contributed by atoms with Crippen molar-refractivity contribution in [3.05, 3.63) is 53.5 Å². The lowest BCUT2D eigenvalue weighted by Gasteiger charge is -2.08. The van der Waals surface area contributed by atoms with Crippen LogP contribution in [0, 0.1) is 0 Å². The normalized spacial score (nSPS) is 10.1. The predicted molar refractivity (Wildman–Crippen MR) is 75.0 cm³/mol. The first-order chi connectivity index (χ1) is 9.74. The van der Waals surface area contributed by atoms with Crippen LogP contribution in [0.3, 0.4) is 0 Å². The van der Waals surface area contributed by atoms with Gasteiger partial charge in [0.2, 0.25) is 0 Å². The van der Waals surface area contributed by atoms with Gasteiger partial charge in [0.25, 0.3) is 0 Å². The Morgan fingerprint density at radius 1 is 1.35 bits per heavy atom. The SMILES string of the molecule is CCOC(=O)c1cnc(Cc2ccccc2)nc1NN. The Labute approximate surface area is 117 Å². The summed E-state index contributed by atoms with van der Waals surface area (Å²) < 4.78 is 4.91. The van der Waals surface area contributed by atoms with Gasteiger partial charge in [-0.25, -0.2) is 20.6 Å². The molecule has 0 amide bonds. The molecule has 0 spiro atoms. The number of hydrogen-bond donors (Lipinski definition) is 2. The van der Waals surface area contributed by atoms with Crippen molar-refractivity contribution in [2.45, 2.75) is 13.3 Å². The van der Waals surface area contributed by atoms with Gasteiger partial charge in [-0.2, -0.15) is 0 Å². The third-order valence-corrected chi connectivity index (χ3v) is 2.68. The number of esters is 1. The van der Waals surface area contributed by atoms with Gasteiger partial charge in [0.15, 0.2) is 5.82 Å². The average molecular weight is 272 g/mol. The van der Waals surface area contributed by atoms with E-state index in [1.165, 1.54) is 6.20 Å². The van der Waals surface area contributed by atoms with Crippen LogP contribution in [0.5, 0.6) is 0 Å². The molecule has 0 bridgehead atoms. The highest BCUT2D eigenvalue weighted by molar-refractivity contribution is 5.94. The van der Waals surface area contributed by atoms with Gasteiger partial charge < -0.3 is 10.2 Å². The fourth-order valence-electron chi connectivity index (χ4n) is 1.75. The summed E-state index contributed by atoms with van der Waals surface area (Å²) in [5.41, 5.74) is 3.72. The van der Waals surface area contributed by atoms with E-state index in [0.29, 0.717) is 12.2 Å². The minimum absolute atomic E-state index is 0.228. The summed E-state index contributed by atoms with van der Waals surface area (Å²) in [6, 6.07) is 9.81. The van der Waals surface area contributed by atoms with Crippen molar-refractivity contribution in [3.8, 4) is 0 Å². The number of nitrogens with two attached hydrogens (primary N) is 1. The molecule has 0 aliphatic heterocycles. The Morgan fingerprint density at radius 2 is 2.10 bits per heavy atom. The number of anilines is 1. The molecule has 0 saturated heterocycles. The fraction of sp³-hybridized carbons (Fsp3) is 0.214. The number of hydrazine groups is 1. The van der Waals surface area contributed by atoms with E-state index in [4.69, 9.17) is 10.6 Å². The summed E-state index contributed by atoms with van der Waals surface area (Å²) in [4.78, 5) is 20.1. The maximum atomic E-state index is 11.7. The van der Waals surface area contributed by atoms with Crippen LogP contribution in [0.1, 0.15) is 28.7 Å². The lowest BCUT2D eigenvalue weighted by atomic mass is 10.1. The molecule has 1 heterocycles. The van der Waals surface area contributed by atoms with Crippen LogP contribution >= 0.6 is 0 Å². The van der Waals surface area contributed by atoms with E-state index in [2.05, 4.69) is 15.4 Å². The summed E-state index contributed by atoms with van der Waals surface area (Å²) in [5.74, 6) is 5.75. The largest absolute Gasteiger partial charge is 0.462 e. The molecule has 0 radical (unpaired) electrons. The number of rotatable bonds is 5. The quantitative estimate of drug-likeness (QED) is 0.487. The second-order valence-corrected chi connectivity index (χ2v) is 4.08. The van der Waals surface area contributed by atoms with E-state index < -0.39 is 5.97 Å².